The van der Waals surface area contributed by atoms with Crippen molar-refractivity contribution in [2.24, 2.45) is 0 Å². The van der Waals surface area contributed by atoms with Crippen LogP contribution in [0.3, 0.4) is 0 Å². The Morgan fingerprint density at radius 3 is 2.58 bits per heavy atom. The second-order valence-corrected chi connectivity index (χ2v) is 6.71. The van der Waals surface area contributed by atoms with Gasteiger partial charge in [0.05, 0.1) is 23.3 Å². The van der Waals surface area contributed by atoms with Crippen molar-refractivity contribution in [3.63, 3.8) is 0 Å². The number of anilines is 1. The number of hydrogen-bond acceptors (Lipinski definition) is 3. The van der Waals surface area contributed by atoms with Crippen molar-refractivity contribution in [2.75, 3.05) is 5.32 Å². The van der Waals surface area contributed by atoms with Crippen LogP contribution in [0.5, 0.6) is 0 Å². The molecule has 0 saturated heterocycles. The number of aromatic nitrogens is 2. The standard InChI is InChI=1S/C12H9Br2N3OS/c13-6-1-2-19-11(6)5-15-8-4-10-9(3-7(8)14)16-12(18)17-10/h1-4,15H,5H2,(H2,16,17,18). The minimum atomic E-state index is -0.194. The molecule has 0 amide bonds. The molecule has 0 aliphatic rings. The summed E-state index contributed by atoms with van der Waals surface area (Å²) < 4.78 is 2.03. The number of H-pyrrole nitrogens is 2. The fraction of sp³-hybridized carbons (Fsp3) is 0.0833. The summed E-state index contributed by atoms with van der Waals surface area (Å²) in [5.74, 6) is 0. The zero-order valence-electron chi connectivity index (χ0n) is 9.59. The Morgan fingerprint density at radius 1 is 1.16 bits per heavy atom. The number of hydrogen-bond donors (Lipinski definition) is 3. The van der Waals surface area contributed by atoms with Gasteiger partial charge < -0.3 is 15.3 Å². The first-order chi connectivity index (χ1) is 9.13. The van der Waals surface area contributed by atoms with Crippen molar-refractivity contribution in [1.29, 1.82) is 0 Å². The van der Waals surface area contributed by atoms with E-state index in [1.54, 1.807) is 11.3 Å². The molecule has 3 N–H and O–H groups in total. The van der Waals surface area contributed by atoms with E-state index in [9.17, 15) is 4.79 Å². The van der Waals surface area contributed by atoms with Crippen molar-refractivity contribution in [3.8, 4) is 0 Å². The Labute approximate surface area is 129 Å². The Hall–Kier alpha value is -1.05. The summed E-state index contributed by atoms with van der Waals surface area (Å²) in [6, 6.07) is 5.83. The second kappa shape index (κ2) is 5.15. The molecular formula is C12H9Br2N3OS. The van der Waals surface area contributed by atoms with Crippen LogP contribution in [0, 0.1) is 0 Å². The van der Waals surface area contributed by atoms with Gasteiger partial charge in [-0.1, -0.05) is 0 Å². The van der Waals surface area contributed by atoms with Crippen LogP contribution < -0.4 is 11.0 Å². The van der Waals surface area contributed by atoms with Crippen molar-refractivity contribution >= 4 is 59.9 Å². The van der Waals surface area contributed by atoms with Crippen molar-refractivity contribution in [2.45, 2.75) is 6.54 Å². The van der Waals surface area contributed by atoms with Gasteiger partial charge in [-0.15, -0.1) is 11.3 Å². The van der Waals surface area contributed by atoms with Gasteiger partial charge in [0.2, 0.25) is 0 Å². The Kier molecular flexibility index (Phi) is 3.51. The SMILES string of the molecule is O=c1[nH]c2cc(Br)c(NCc3sccc3Br)cc2[nH]1. The number of halogens is 2. The summed E-state index contributed by atoms with van der Waals surface area (Å²) >= 11 is 8.70. The minimum absolute atomic E-state index is 0.194. The summed E-state index contributed by atoms with van der Waals surface area (Å²) in [6.07, 6.45) is 0. The predicted octanol–water partition coefficient (Wildman–Crippen LogP) is 4.05. The van der Waals surface area contributed by atoms with E-state index in [2.05, 4.69) is 47.1 Å². The molecule has 0 fully saturated rings. The minimum Gasteiger partial charge on any atom is -0.379 e. The normalized spacial score (nSPS) is 11.1. The number of nitrogens with one attached hydrogen (secondary N) is 3. The molecule has 4 nitrogen and oxygen atoms in total. The molecule has 3 aromatic rings. The van der Waals surface area contributed by atoms with E-state index < -0.39 is 0 Å². The van der Waals surface area contributed by atoms with Gasteiger partial charge in [0.1, 0.15) is 0 Å². The lowest BCUT2D eigenvalue weighted by atomic mass is 10.2. The van der Waals surface area contributed by atoms with Crippen LogP contribution in [0.4, 0.5) is 5.69 Å². The molecule has 0 saturated carbocycles. The lowest BCUT2D eigenvalue weighted by molar-refractivity contribution is 1.18. The van der Waals surface area contributed by atoms with E-state index in [4.69, 9.17) is 0 Å². The Balaban J connectivity index is 1.90. The van der Waals surface area contributed by atoms with E-state index in [-0.39, 0.29) is 5.69 Å². The third kappa shape index (κ3) is 2.63. The maximum atomic E-state index is 11.2. The summed E-state index contributed by atoms with van der Waals surface area (Å²) in [4.78, 5) is 18.0. The van der Waals surface area contributed by atoms with E-state index in [0.717, 1.165) is 32.2 Å². The van der Waals surface area contributed by atoms with Gasteiger partial charge in [-0.3, -0.25) is 0 Å². The van der Waals surface area contributed by atoms with Crippen LogP contribution in [-0.4, -0.2) is 9.97 Å². The number of fused-ring (bicyclic) bond motifs is 1. The molecule has 7 heteroatoms. The lowest BCUT2D eigenvalue weighted by Gasteiger charge is -2.08. The first kappa shape index (κ1) is 13.0. The van der Waals surface area contributed by atoms with Gasteiger partial charge in [-0.25, -0.2) is 4.79 Å². The Morgan fingerprint density at radius 2 is 1.89 bits per heavy atom. The first-order valence-electron chi connectivity index (χ1n) is 5.51. The number of benzene rings is 1. The van der Waals surface area contributed by atoms with Crippen LogP contribution >= 0.6 is 43.2 Å². The maximum absolute atomic E-state index is 11.2. The fourth-order valence-corrected chi connectivity index (χ4v) is 3.73. The zero-order chi connectivity index (χ0) is 13.4. The molecule has 0 aliphatic heterocycles. The second-order valence-electron chi connectivity index (χ2n) is 4.00. The molecular weight excluding hydrogens is 394 g/mol. The molecule has 0 unspecified atom stereocenters. The quantitative estimate of drug-likeness (QED) is 0.618. The molecule has 2 aromatic heterocycles. The molecule has 19 heavy (non-hydrogen) atoms. The van der Waals surface area contributed by atoms with Gasteiger partial charge in [-0.05, 0) is 55.4 Å². The molecule has 2 heterocycles. The first-order valence-corrected chi connectivity index (χ1v) is 7.97. The highest BCUT2D eigenvalue weighted by Gasteiger charge is 2.07. The molecule has 3 rings (SSSR count). The third-order valence-corrected chi connectivity index (χ3v) is 5.32. The van der Waals surface area contributed by atoms with E-state index in [1.165, 1.54) is 4.88 Å². The van der Waals surface area contributed by atoms with Crippen LogP contribution in [0.15, 0.2) is 37.3 Å². The van der Waals surface area contributed by atoms with Gasteiger partial charge >= 0.3 is 5.69 Å². The monoisotopic (exact) mass is 401 g/mol. The molecule has 0 aliphatic carbocycles. The smallest absolute Gasteiger partial charge is 0.323 e. The molecule has 1 aromatic carbocycles. The van der Waals surface area contributed by atoms with Crippen molar-refractivity contribution in [3.05, 3.63) is 47.9 Å². The summed E-state index contributed by atoms with van der Waals surface area (Å²) in [6.45, 7) is 0.733. The summed E-state index contributed by atoms with van der Waals surface area (Å²) in [5.41, 5.74) is 2.34. The number of aromatic amines is 2. The number of rotatable bonds is 3. The molecule has 0 bridgehead atoms. The summed E-state index contributed by atoms with van der Waals surface area (Å²) in [7, 11) is 0. The highest BCUT2D eigenvalue weighted by atomic mass is 79.9. The third-order valence-electron chi connectivity index (χ3n) is 2.73. The molecule has 98 valence electrons. The van der Waals surface area contributed by atoms with Gasteiger partial charge in [0, 0.05) is 13.8 Å². The van der Waals surface area contributed by atoms with Crippen LogP contribution in [0.25, 0.3) is 11.0 Å². The van der Waals surface area contributed by atoms with Crippen LogP contribution in [-0.2, 0) is 6.54 Å². The van der Waals surface area contributed by atoms with Crippen molar-refractivity contribution in [1.82, 2.24) is 9.97 Å². The fourth-order valence-electron chi connectivity index (χ4n) is 1.82. The highest BCUT2D eigenvalue weighted by molar-refractivity contribution is 9.11. The van der Waals surface area contributed by atoms with Gasteiger partial charge in [-0.2, -0.15) is 0 Å². The maximum Gasteiger partial charge on any atom is 0.323 e. The van der Waals surface area contributed by atoms with Crippen LogP contribution in [0.2, 0.25) is 0 Å². The molecule has 0 radical (unpaired) electrons. The predicted molar refractivity (Wildman–Crippen MR) is 86.0 cm³/mol. The highest BCUT2D eigenvalue weighted by Crippen LogP contribution is 2.29. The largest absolute Gasteiger partial charge is 0.379 e. The number of thiophene rings is 1. The lowest BCUT2D eigenvalue weighted by Crippen LogP contribution is -1.99. The topological polar surface area (TPSA) is 60.7 Å². The van der Waals surface area contributed by atoms with E-state index in [1.807, 2.05) is 23.6 Å². The summed E-state index contributed by atoms with van der Waals surface area (Å²) in [5, 5.41) is 5.40. The molecule has 0 atom stereocenters. The molecule has 0 spiro atoms. The zero-order valence-corrected chi connectivity index (χ0v) is 13.6. The van der Waals surface area contributed by atoms with E-state index in [0.29, 0.717) is 0 Å². The van der Waals surface area contributed by atoms with E-state index >= 15 is 0 Å². The average molecular weight is 403 g/mol. The average Bonchev–Trinajstić information content (AvgIpc) is 2.91. The van der Waals surface area contributed by atoms with Crippen LogP contribution in [0.1, 0.15) is 4.88 Å². The number of imidazole rings is 1. The van der Waals surface area contributed by atoms with Crippen molar-refractivity contribution < 1.29 is 0 Å². The van der Waals surface area contributed by atoms with Gasteiger partial charge in [0.15, 0.2) is 0 Å². The van der Waals surface area contributed by atoms with Gasteiger partial charge in [0.25, 0.3) is 0 Å². The Bertz CT molecular complexity index is 790.